The van der Waals surface area contributed by atoms with Gasteiger partial charge >= 0.3 is 12.4 Å². The van der Waals surface area contributed by atoms with Gasteiger partial charge in [-0.05, 0) is 80.8 Å². The second-order valence-electron chi connectivity index (χ2n) is 16.4. The van der Waals surface area contributed by atoms with Crippen molar-refractivity contribution in [3.8, 4) is 23.0 Å². The molecule has 4 unspecified atom stereocenters. The van der Waals surface area contributed by atoms with Crippen LogP contribution < -0.4 is 10.0 Å². The first-order chi connectivity index (χ1) is 29.3. The van der Waals surface area contributed by atoms with Crippen LogP contribution in [0, 0.1) is 36.3 Å². The Bertz CT molecular complexity index is 2970. The molecule has 12 nitrogen and oxygen atoms in total. The highest BCUT2D eigenvalue weighted by molar-refractivity contribution is 7.92. The van der Waals surface area contributed by atoms with E-state index >= 15 is 8.78 Å². The Hall–Kier alpha value is -5.25. The van der Waals surface area contributed by atoms with Crippen LogP contribution in [0.2, 0.25) is 0 Å². The number of aliphatic hydroxyl groups excluding tert-OH is 1. The number of hydrogen-bond acceptors (Lipinski definition) is 9. The summed E-state index contributed by atoms with van der Waals surface area (Å²) in [4.78, 5) is 4.58. The second-order valence-corrected chi connectivity index (χ2v) is 20.7. The highest BCUT2D eigenvalue weighted by Gasteiger charge is 2.68. The first-order valence-electron chi connectivity index (χ1n) is 19.1. The molecule has 4 atom stereocenters. The average molecular weight is 950 g/mol. The van der Waals surface area contributed by atoms with Crippen molar-refractivity contribution in [3.63, 3.8) is 0 Å². The number of aromatic nitrogens is 5. The highest BCUT2D eigenvalue weighted by atomic mass is 32.2. The molecule has 0 spiro atoms. The van der Waals surface area contributed by atoms with Gasteiger partial charge in [-0.3, -0.25) is 19.4 Å². The largest absolute Gasteiger partial charge is 0.435 e. The number of pyridine rings is 1. The Morgan fingerprint density at radius 3 is 2.17 bits per heavy atom. The summed E-state index contributed by atoms with van der Waals surface area (Å²) in [6.07, 6.45) is -11.3. The minimum Gasteiger partial charge on any atom is -0.377 e. The quantitative estimate of drug-likeness (QED) is 0.0673. The molecule has 3 N–H and O–H groups in total. The third-order valence-corrected chi connectivity index (χ3v) is 13.5. The molecule has 0 radical (unpaired) electrons. The van der Waals surface area contributed by atoms with Gasteiger partial charge in [0.05, 0.1) is 30.1 Å². The molecule has 1 saturated carbocycles. The standard InChI is InChI=1S/C40H37F10N7O5S2/c1-19-6-8-25(33-30(19)36(55-64(5,61)62)54-57(33)18-38(43,44)45)24-9-7-23(10-11-37(2,3)63(4,59)60)51-32(24)28(14-20-12-21(41)15-22(42)13-20)52-29(58)17-56-35-31(34(53-56)40(48,49)50)26-16-27(26)39(35,46)47/h6-9,12-13,15,26-29,52,58H,14,16-18H2,1-5H3,(H,54,55). The number of fused-ring (bicyclic) bond motifs is 4. The molecule has 2 aliphatic carbocycles. The molecular formula is C40H37F10N7O5S2. The van der Waals surface area contributed by atoms with Crippen molar-refractivity contribution in [3.05, 3.63) is 93.6 Å². The number of sulfonamides is 1. The zero-order valence-corrected chi connectivity index (χ0v) is 35.7. The van der Waals surface area contributed by atoms with Gasteiger partial charge in [-0.25, -0.2) is 30.6 Å². The number of benzene rings is 2. The molecule has 0 bridgehead atoms. The minimum absolute atomic E-state index is 0.0966. The van der Waals surface area contributed by atoms with Gasteiger partial charge < -0.3 is 5.11 Å². The number of aliphatic hydroxyl groups is 1. The van der Waals surface area contributed by atoms with Crippen LogP contribution in [0.1, 0.15) is 71.7 Å². The Kier molecular flexibility index (Phi) is 11.5. The summed E-state index contributed by atoms with van der Waals surface area (Å²) in [5.41, 5.74) is -4.15. The van der Waals surface area contributed by atoms with Crippen LogP contribution in [-0.4, -0.2) is 76.1 Å². The number of rotatable bonds is 12. The van der Waals surface area contributed by atoms with E-state index < -0.39 is 121 Å². The van der Waals surface area contributed by atoms with E-state index in [1.165, 1.54) is 45.0 Å². The molecule has 7 rings (SSSR count). The Morgan fingerprint density at radius 2 is 1.58 bits per heavy atom. The third kappa shape index (κ3) is 9.30. The molecule has 24 heteroatoms. The van der Waals surface area contributed by atoms with Gasteiger partial charge in [0.25, 0.3) is 5.92 Å². The fraction of sp³-hybridized carbons (Fsp3) is 0.425. The predicted molar refractivity (Wildman–Crippen MR) is 212 cm³/mol. The number of nitrogens with one attached hydrogen (secondary N) is 2. The van der Waals surface area contributed by atoms with E-state index in [1.54, 1.807) is 0 Å². The molecule has 5 aromatic rings. The van der Waals surface area contributed by atoms with Crippen molar-refractivity contribution in [1.82, 2.24) is 29.9 Å². The molecular weight excluding hydrogens is 913 g/mol. The minimum atomic E-state index is -5.15. The first kappa shape index (κ1) is 46.7. The summed E-state index contributed by atoms with van der Waals surface area (Å²) in [5, 5.41) is 21.5. The molecule has 0 amide bonds. The Labute approximate surface area is 359 Å². The zero-order chi connectivity index (χ0) is 47.3. The van der Waals surface area contributed by atoms with E-state index in [9.17, 15) is 57.1 Å². The van der Waals surface area contributed by atoms with Crippen LogP contribution in [0.15, 0.2) is 42.5 Å². The lowest BCUT2D eigenvalue weighted by Crippen LogP contribution is -2.39. The van der Waals surface area contributed by atoms with E-state index in [0.29, 0.717) is 15.4 Å². The molecule has 3 heterocycles. The highest BCUT2D eigenvalue weighted by Crippen LogP contribution is 2.68. The number of hydrogen-bond donors (Lipinski definition) is 3. The number of sulfone groups is 1. The molecule has 64 heavy (non-hydrogen) atoms. The van der Waals surface area contributed by atoms with Crippen LogP contribution >= 0.6 is 0 Å². The van der Waals surface area contributed by atoms with E-state index in [-0.39, 0.29) is 51.0 Å². The lowest BCUT2D eigenvalue weighted by atomic mass is 9.92. The van der Waals surface area contributed by atoms with Crippen molar-refractivity contribution in [1.29, 1.82) is 0 Å². The van der Waals surface area contributed by atoms with Gasteiger partial charge in [-0.2, -0.15) is 45.3 Å². The van der Waals surface area contributed by atoms with Crippen LogP contribution in [0.5, 0.6) is 0 Å². The Morgan fingerprint density at radius 1 is 0.938 bits per heavy atom. The summed E-state index contributed by atoms with van der Waals surface area (Å²) in [6, 6.07) is 6.03. The maximum Gasteiger partial charge on any atom is 0.435 e. The summed E-state index contributed by atoms with van der Waals surface area (Å²) < 4.78 is 196. The molecule has 0 aliphatic heterocycles. The van der Waals surface area contributed by atoms with Crippen molar-refractivity contribution in [2.45, 2.75) is 87.9 Å². The molecule has 0 saturated heterocycles. The normalized spacial score (nSPS) is 18.3. The van der Waals surface area contributed by atoms with Crippen LogP contribution in [0.25, 0.3) is 22.0 Å². The molecule has 2 aliphatic rings. The Balaban J connectivity index is 1.45. The fourth-order valence-corrected chi connectivity index (χ4v) is 8.56. The zero-order valence-electron chi connectivity index (χ0n) is 34.1. The number of aryl methyl sites for hydroxylation is 1. The van der Waals surface area contributed by atoms with Crippen LogP contribution in [-0.2, 0) is 51.5 Å². The van der Waals surface area contributed by atoms with E-state index in [0.717, 1.165) is 24.6 Å². The summed E-state index contributed by atoms with van der Waals surface area (Å²) in [5.74, 6) is -3.71. The van der Waals surface area contributed by atoms with Crippen molar-refractivity contribution in [2.75, 3.05) is 17.2 Å². The summed E-state index contributed by atoms with van der Waals surface area (Å²) >= 11 is 0. The van der Waals surface area contributed by atoms with E-state index in [4.69, 9.17) is 0 Å². The smallest absolute Gasteiger partial charge is 0.377 e. The molecule has 344 valence electrons. The number of anilines is 1. The molecule has 2 aromatic carbocycles. The van der Waals surface area contributed by atoms with Gasteiger partial charge in [-0.1, -0.05) is 18.1 Å². The molecule has 1 fully saturated rings. The topological polar surface area (TPSA) is 161 Å². The van der Waals surface area contributed by atoms with Gasteiger partial charge in [0, 0.05) is 40.3 Å². The van der Waals surface area contributed by atoms with Crippen LogP contribution in [0.3, 0.4) is 0 Å². The van der Waals surface area contributed by atoms with Crippen molar-refractivity contribution >= 4 is 36.6 Å². The third-order valence-electron chi connectivity index (χ3n) is 11.0. The lowest BCUT2D eigenvalue weighted by molar-refractivity contribution is -0.142. The number of nitrogens with zero attached hydrogens (tertiary/aromatic N) is 5. The SMILES string of the molecule is Cc1ccc(-c2ccc(C#CC(C)(C)S(C)(=O)=O)nc2C(Cc2cc(F)cc(F)c2)NC(O)Cn2nc(C(F)(F)F)c3c2C(F)(F)C2CC32)c2c1c(NS(C)(=O)=O)nn2CC(F)(F)F. The van der Waals surface area contributed by atoms with Crippen LogP contribution in [0.4, 0.5) is 49.7 Å². The predicted octanol–water partition coefficient (Wildman–Crippen LogP) is 7.11. The fourth-order valence-electron chi connectivity index (χ4n) is 7.83. The number of alkyl halides is 8. The maximum absolute atomic E-state index is 15.5. The van der Waals surface area contributed by atoms with E-state index in [1.807, 2.05) is 0 Å². The average Bonchev–Trinajstić information content (AvgIpc) is 3.66. The second kappa shape index (κ2) is 15.7. The number of halogens is 10. The van der Waals surface area contributed by atoms with Crippen molar-refractivity contribution < 1.29 is 65.8 Å². The van der Waals surface area contributed by atoms with Gasteiger partial charge in [0.15, 0.2) is 21.3 Å². The lowest BCUT2D eigenvalue weighted by Gasteiger charge is -2.26. The van der Waals surface area contributed by atoms with Gasteiger partial charge in [0.2, 0.25) is 10.0 Å². The van der Waals surface area contributed by atoms with Gasteiger partial charge in [0.1, 0.15) is 40.5 Å². The monoisotopic (exact) mass is 949 g/mol. The molecule has 3 aromatic heterocycles. The van der Waals surface area contributed by atoms with Gasteiger partial charge in [-0.15, -0.1) is 0 Å². The van der Waals surface area contributed by atoms with Crippen molar-refractivity contribution in [2.24, 2.45) is 5.92 Å². The summed E-state index contributed by atoms with van der Waals surface area (Å²) in [7, 11) is -7.97. The summed E-state index contributed by atoms with van der Waals surface area (Å²) in [6.45, 7) is 1.25. The maximum atomic E-state index is 15.5. The first-order valence-corrected chi connectivity index (χ1v) is 22.9. The van der Waals surface area contributed by atoms with E-state index in [2.05, 4.69) is 37.1 Å².